The highest BCUT2D eigenvalue weighted by Crippen LogP contribution is 2.21. The number of hydrogen-bond acceptors (Lipinski definition) is 4. The van der Waals surface area contributed by atoms with E-state index in [1.54, 1.807) is 36.6 Å². The van der Waals surface area contributed by atoms with Gasteiger partial charge in [0.2, 0.25) is 5.91 Å². The molecule has 0 aliphatic carbocycles. The summed E-state index contributed by atoms with van der Waals surface area (Å²) in [5.41, 5.74) is 1.49. The van der Waals surface area contributed by atoms with E-state index < -0.39 is 18.6 Å². The summed E-state index contributed by atoms with van der Waals surface area (Å²) in [5.74, 6) is -0.486. The van der Waals surface area contributed by atoms with Crippen molar-refractivity contribution in [3.05, 3.63) is 77.6 Å². The molecule has 0 fully saturated rings. The van der Waals surface area contributed by atoms with Crippen LogP contribution in [0.3, 0.4) is 0 Å². The molecule has 0 atom stereocenters. The molecule has 0 saturated heterocycles. The lowest BCUT2D eigenvalue weighted by molar-refractivity contribution is -0.130. The molecule has 0 saturated carbocycles. The van der Waals surface area contributed by atoms with Gasteiger partial charge in [-0.05, 0) is 42.0 Å². The van der Waals surface area contributed by atoms with Crippen LogP contribution in [0.2, 0.25) is 0 Å². The van der Waals surface area contributed by atoms with Gasteiger partial charge in [-0.25, -0.2) is 9.37 Å². The predicted octanol–water partition coefficient (Wildman–Crippen LogP) is 4.36. The van der Waals surface area contributed by atoms with Gasteiger partial charge in [0.15, 0.2) is 11.7 Å². The number of carbonyl (C=O) groups excluding carboxylic acids is 2. The number of oxazole rings is 1. The Morgan fingerprint density at radius 2 is 1.73 bits per heavy atom. The molecular formula is C23H21F4N3O3. The summed E-state index contributed by atoms with van der Waals surface area (Å²) in [5, 5.41) is 1.80. The number of amides is 2. The highest BCUT2D eigenvalue weighted by molar-refractivity contribution is 5.94. The number of benzene rings is 2. The van der Waals surface area contributed by atoms with Gasteiger partial charge in [0, 0.05) is 37.6 Å². The van der Waals surface area contributed by atoms with Crippen molar-refractivity contribution in [2.24, 2.45) is 0 Å². The Kier molecular flexibility index (Phi) is 7.47. The second-order valence-corrected chi connectivity index (χ2v) is 7.37. The number of alkyl halides is 3. The molecule has 0 unspecified atom stereocenters. The van der Waals surface area contributed by atoms with Gasteiger partial charge in [0.05, 0.1) is 6.20 Å². The maximum Gasteiger partial charge on any atom is 0.405 e. The Balaban J connectivity index is 1.48. The van der Waals surface area contributed by atoms with Crippen LogP contribution in [0.5, 0.6) is 0 Å². The van der Waals surface area contributed by atoms with Gasteiger partial charge in [0.1, 0.15) is 12.4 Å². The minimum atomic E-state index is -4.48. The summed E-state index contributed by atoms with van der Waals surface area (Å²) in [7, 11) is 1.62. The van der Waals surface area contributed by atoms with E-state index in [-0.39, 0.29) is 36.7 Å². The first-order valence-electron chi connectivity index (χ1n) is 9.99. The molecule has 2 aromatic carbocycles. The Morgan fingerprint density at radius 1 is 1.06 bits per heavy atom. The summed E-state index contributed by atoms with van der Waals surface area (Å²) in [6, 6.07) is 11.7. The fourth-order valence-corrected chi connectivity index (χ4v) is 2.98. The topological polar surface area (TPSA) is 75.4 Å². The third-order valence-corrected chi connectivity index (χ3v) is 4.75. The monoisotopic (exact) mass is 463 g/mol. The number of rotatable bonds is 8. The SMILES string of the molecule is CN(Cc1ccc(C(=O)NCC(F)(F)F)cc1)C(=O)CCc1ncc(-c2ccc(F)cc2)o1. The van der Waals surface area contributed by atoms with Crippen LogP contribution in [0.1, 0.15) is 28.2 Å². The number of halogens is 4. The highest BCUT2D eigenvalue weighted by Gasteiger charge is 2.27. The lowest BCUT2D eigenvalue weighted by Gasteiger charge is -2.17. The van der Waals surface area contributed by atoms with Crippen molar-refractivity contribution in [1.82, 2.24) is 15.2 Å². The number of aryl methyl sites for hydroxylation is 1. The van der Waals surface area contributed by atoms with Crippen molar-refractivity contribution in [3.8, 4) is 11.3 Å². The van der Waals surface area contributed by atoms with E-state index in [4.69, 9.17) is 4.42 Å². The van der Waals surface area contributed by atoms with Gasteiger partial charge in [-0.15, -0.1) is 0 Å². The van der Waals surface area contributed by atoms with Gasteiger partial charge >= 0.3 is 6.18 Å². The molecular weight excluding hydrogens is 442 g/mol. The molecule has 3 rings (SSSR count). The van der Waals surface area contributed by atoms with Crippen molar-refractivity contribution in [2.75, 3.05) is 13.6 Å². The van der Waals surface area contributed by atoms with Crippen LogP contribution in [0.25, 0.3) is 11.3 Å². The number of hydrogen-bond donors (Lipinski definition) is 1. The molecule has 1 heterocycles. The lowest BCUT2D eigenvalue weighted by Crippen LogP contribution is -2.33. The van der Waals surface area contributed by atoms with E-state index in [1.165, 1.54) is 35.4 Å². The Bertz CT molecular complexity index is 1090. The number of aromatic nitrogens is 1. The summed E-state index contributed by atoms with van der Waals surface area (Å²) < 4.78 is 55.3. The quantitative estimate of drug-likeness (QED) is 0.504. The largest absolute Gasteiger partial charge is 0.441 e. The average Bonchev–Trinajstić information content (AvgIpc) is 3.25. The number of nitrogens with zero attached hydrogens (tertiary/aromatic N) is 2. The lowest BCUT2D eigenvalue weighted by atomic mass is 10.1. The molecule has 2 amide bonds. The molecule has 33 heavy (non-hydrogen) atoms. The van der Waals surface area contributed by atoms with Crippen molar-refractivity contribution in [2.45, 2.75) is 25.6 Å². The molecule has 0 spiro atoms. The molecule has 0 radical (unpaired) electrons. The van der Waals surface area contributed by atoms with Crippen LogP contribution < -0.4 is 5.32 Å². The summed E-state index contributed by atoms with van der Waals surface area (Å²) in [4.78, 5) is 29.8. The van der Waals surface area contributed by atoms with Crippen LogP contribution in [0, 0.1) is 5.82 Å². The maximum absolute atomic E-state index is 13.0. The van der Waals surface area contributed by atoms with E-state index in [9.17, 15) is 27.2 Å². The second-order valence-electron chi connectivity index (χ2n) is 7.37. The predicted molar refractivity (Wildman–Crippen MR) is 112 cm³/mol. The van der Waals surface area contributed by atoms with Crippen molar-refractivity contribution >= 4 is 11.8 Å². The molecule has 1 aromatic heterocycles. The molecule has 0 aliphatic heterocycles. The first kappa shape index (κ1) is 24.0. The molecule has 0 bridgehead atoms. The standard InChI is InChI=1S/C23H21F4N3O3/c1-30(13-15-2-4-17(5-3-15)22(32)29-14-23(25,26)27)21(31)11-10-20-28-12-19(33-20)16-6-8-18(24)9-7-16/h2-9,12H,10-11,13-14H2,1H3,(H,29,32). The number of nitrogens with one attached hydrogen (secondary N) is 1. The third kappa shape index (κ3) is 7.16. The highest BCUT2D eigenvalue weighted by atomic mass is 19.4. The maximum atomic E-state index is 13.0. The van der Waals surface area contributed by atoms with E-state index >= 15 is 0 Å². The zero-order valence-electron chi connectivity index (χ0n) is 17.7. The Hall–Kier alpha value is -3.69. The molecule has 10 heteroatoms. The zero-order valence-corrected chi connectivity index (χ0v) is 17.7. The molecule has 174 valence electrons. The van der Waals surface area contributed by atoms with E-state index in [0.717, 1.165) is 0 Å². The van der Waals surface area contributed by atoms with Crippen LogP contribution in [0.15, 0.2) is 59.1 Å². The third-order valence-electron chi connectivity index (χ3n) is 4.75. The smallest absolute Gasteiger partial charge is 0.405 e. The van der Waals surface area contributed by atoms with Crippen LogP contribution in [-0.4, -0.2) is 41.5 Å². The molecule has 6 nitrogen and oxygen atoms in total. The summed E-state index contributed by atoms with van der Waals surface area (Å²) >= 11 is 0. The van der Waals surface area contributed by atoms with Gasteiger partial charge in [-0.3, -0.25) is 9.59 Å². The molecule has 1 N–H and O–H groups in total. The Labute approximate surface area is 187 Å². The van der Waals surface area contributed by atoms with Gasteiger partial charge in [-0.1, -0.05) is 12.1 Å². The summed E-state index contributed by atoms with van der Waals surface area (Å²) in [6.07, 6.45) is -2.53. The normalized spacial score (nSPS) is 11.3. The van der Waals surface area contributed by atoms with Gasteiger partial charge in [0.25, 0.3) is 5.91 Å². The Morgan fingerprint density at radius 3 is 2.36 bits per heavy atom. The van der Waals surface area contributed by atoms with Crippen molar-refractivity contribution in [3.63, 3.8) is 0 Å². The number of carbonyl (C=O) groups is 2. The van der Waals surface area contributed by atoms with Crippen molar-refractivity contribution in [1.29, 1.82) is 0 Å². The van der Waals surface area contributed by atoms with E-state index in [1.807, 2.05) is 0 Å². The first-order chi connectivity index (χ1) is 15.6. The summed E-state index contributed by atoms with van der Waals surface area (Å²) in [6.45, 7) is -1.14. The van der Waals surface area contributed by atoms with Crippen LogP contribution >= 0.6 is 0 Å². The minimum absolute atomic E-state index is 0.0952. The molecule has 0 aliphatic rings. The average molecular weight is 463 g/mol. The van der Waals surface area contributed by atoms with Gasteiger partial charge in [-0.2, -0.15) is 13.2 Å². The van der Waals surface area contributed by atoms with E-state index in [0.29, 0.717) is 22.8 Å². The minimum Gasteiger partial charge on any atom is -0.441 e. The van der Waals surface area contributed by atoms with Crippen LogP contribution in [0.4, 0.5) is 17.6 Å². The zero-order chi connectivity index (χ0) is 24.0. The van der Waals surface area contributed by atoms with E-state index in [2.05, 4.69) is 4.98 Å². The van der Waals surface area contributed by atoms with Crippen LogP contribution in [-0.2, 0) is 17.8 Å². The molecule has 3 aromatic rings. The first-order valence-corrected chi connectivity index (χ1v) is 9.99. The second kappa shape index (κ2) is 10.3. The fourth-order valence-electron chi connectivity index (χ4n) is 2.98. The van der Waals surface area contributed by atoms with Gasteiger partial charge < -0.3 is 14.6 Å². The fraction of sp³-hybridized carbons (Fsp3) is 0.261. The van der Waals surface area contributed by atoms with Crippen molar-refractivity contribution < 1.29 is 31.6 Å².